The Morgan fingerprint density at radius 3 is 2.79 bits per heavy atom. The molecule has 0 saturated heterocycles. The average molecular weight is 197 g/mol. The van der Waals surface area contributed by atoms with Crippen LogP contribution in [0.25, 0.3) is 0 Å². The number of ether oxygens (including phenoxy) is 1. The fourth-order valence-electron chi connectivity index (χ4n) is 1.10. The Morgan fingerprint density at radius 1 is 1.57 bits per heavy atom. The van der Waals surface area contributed by atoms with Gasteiger partial charge < -0.3 is 9.84 Å². The smallest absolute Gasteiger partial charge is 0.278 e. The number of hydrogen-bond donors (Lipinski definition) is 1. The molecule has 0 spiro atoms. The molecule has 0 bridgehead atoms. The molecule has 5 nitrogen and oxygen atoms in total. The highest BCUT2D eigenvalue weighted by atomic mass is 16.6. The molecule has 0 radical (unpaired) electrons. The second-order valence-corrected chi connectivity index (χ2v) is 2.64. The van der Waals surface area contributed by atoms with Gasteiger partial charge in [0, 0.05) is 0 Å². The first-order valence-electron chi connectivity index (χ1n) is 4.20. The predicted molar refractivity (Wildman–Crippen MR) is 50.2 cm³/mol. The highest BCUT2D eigenvalue weighted by Crippen LogP contribution is 2.24. The monoisotopic (exact) mass is 197 g/mol. The second kappa shape index (κ2) is 4.57. The summed E-state index contributed by atoms with van der Waals surface area (Å²) in [6, 6.07) is 4.40. The van der Waals surface area contributed by atoms with Crippen molar-refractivity contribution >= 4 is 5.69 Å². The van der Waals surface area contributed by atoms with Crippen LogP contribution in [0.15, 0.2) is 18.2 Å². The van der Waals surface area contributed by atoms with Crippen molar-refractivity contribution in [1.82, 2.24) is 0 Å². The van der Waals surface area contributed by atoms with Crippen LogP contribution >= 0.6 is 0 Å². The van der Waals surface area contributed by atoms with Gasteiger partial charge >= 0.3 is 0 Å². The third kappa shape index (κ3) is 2.20. The van der Waals surface area contributed by atoms with Crippen molar-refractivity contribution in [3.63, 3.8) is 0 Å². The first-order chi connectivity index (χ1) is 6.69. The highest BCUT2D eigenvalue weighted by Gasteiger charge is 2.13. The van der Waals surface area contributed by atoms with Crippen LogP contribution < -0.4 is 4.74 Å². The van der Waals surface area contributed by atoms with E-state index in [9.17, 15) is 10.1 Å². The molecule has 5 heteroatoms. The molecular weight excluding hydrogens is 186 g/mol. The predicted octanol–water partition coefficient (Wildman–Crippen LogP) is 1.49. The lowest BCUT2D eigenvalue weighted by Crippen LogP contribution is -1.97. The Hall–Kier alpha value is -1.62. The van der Waals surface area contributed by atoms with E-state index >= 15 is 0 Å². The van der Waals surface area contributed by atoms with Crippen LogP contribution in [-0.2, 0) is 6.61 Å². The Balaban J connectivity index is 3.07. The fraction of sp³-hybridized carbons (Fsp3) is 0.333. The summed E-state index contributed by atoms with van der Waals surface area (Å²) in [5.74, 6) is 0.441. The minimum absolute atomic E-state index is 0.113. The first kappa shape index (κ1) is 10.5. The summed E-state index contributed by atoms with van der Waals surface area (Å²) in [6.45, 7) is 1.91. The minimum Gasteiger partial charge on any atom is -0.494 e. The van der Waals surface area contributed by atoms with E-state index in [1.807, 2.05) is 0 Å². The summed E-state index contributed by atoms with van der Waals surface area (Å²) in [5, 5.41) is 19.4. The SMILES string of the molecule is CCOc1ccc(CO)c([N+](=O)[O-])c1. The molecule has 0 amide bonds. The quantitative estimate of drug-likeness (QED) is 0.586. The van der Waals surface area contributed by atoms with Crippen molar-refractivity contribution in [2.24, 2.45) is 0 Å². The van der Waals surface area contributed by atoms with Crippen molar-refractivity contribution < 1.29 is 14.8 Å². The van der Waals surface area contributed by atoms with E-state index in [-0.39, 0.29) is 12.3 Å². The number of hydrogen-bond acceptors (Lipinski definition) is 4. The highest BCUT2D eigenvalue weighted by molar-refractivity contribution is 5.45. The number of aliphatic hydroxyl groups excluding tert-OH is 1. The molecule has 14 heavy (non-hydrogen) atoms. The largest absolute Gasteiger partial charge is 0.494 e. The topological polar surface area (TPSA) is 72.6 Å². The summed E-state index contributed by atoms with van der Waals surface area (Å²) in [5.41, 5.74) is 0.178. The number of aliphatic hydroxyl groups is 1. The van der Waals surface area contributed by atoms with Gasteiger partial charge in [0.05, 0.1) is 29.8 Å². The van der Waals surface area contributed by atoms with E-state index in [0.717, 1.165) is 0 Å². The summed E-state index contributed by atoms with van der Waals surface area (Å²) < 4.78 is 5.11. The van der Waals surface area contributed by atoms with Crippen molar-refractivity contribution in [2.75, 3.05) is 6.61 Å². The van der Waals surface area contributed by atoms with Crippen LogP contribution in [0.1, 0.15) is 12.5 Å². The van der Waals surface area contributed by atoms with Crippen molar-refractivity contribution in [2.45, 2.75) is 13.5 Å². The van der Waals surface area contributed by atoms with Gasteiger partial charge in [-0.25, -0.2) is 0 Å². The standard InChI is InChI=1S/C9H11NO4/c1-2-14-8-4-3-7(6-11)9(5-8)10(12)13/h3-5,11H,2,6H2,1H3. The summed E-state index contributed by atoms with van der Waals surface area (Å²) in [4.78, 5) is 10.0. The number of nitro groups is 1. The number of nitrogens with zero attached hydrogens (tertiary/aromatic N) is 1. The van der Waals surface area contributed by atoms with Gasteiger partial charge in [-0.3, -0.25) is 10.1 Å². The Morgan fingerprint density at radius 2 is 2.29 bits per heavy atom. The minimum atomic E-state index is -0.534. The van der Waals surface area contributed by atoms with Crippen LogP contribution in [0.2, 0.25) is 0 Å². The molecule has 0 heterocycles. The fourth-order valence-corrected chi connectivity index (χ4v) is 1.10. The van der Waals surface area contributed by atoms with Crippen LogP contribution in [-0.4, -0.2) is 16.6 Å². The zero-order valence-corrected chi connectivity index (χ0v) is 7.77. The first-order valence-corrected chi connectivity index (χ1v) is 4.20. The number of rotatable bonds is 4. The van der Waals surface area contributed by atoms with Gasteiger partial charge in [0.1, 0.15) is 5.75 Å². The zero-order valence-electron chi connectivity index (χ0n) is 7.77. The third-order valence-electron chi connectivity index (χ3n) is 1.73. The van der Waals surface area contributed by atoms with Gasteiger partial charge in [0.2, 0.25) is 0 Å². The number of nitro benzene ring substituents is 1. The molecule has 0 saturated carbocycles. The van der Waals surface area contributed by atoms with E-state index in [1.54, 1.807) is 13.0 Å². The Labute approximate surface area is 81.1 Å². The van der Waals surface area contributed by atoms with Gasteiger partial charge in [0.25, 0.3) is 5.69 Å². The molecule has 0 aromatic heterocycles. The van der Waals surface area contributed by atoms with E-state index < -0.39 is 4.92 Å². The van der Waals surface area contributed by atoms with Crippen LogP contribution in [0.5, 0.6) is 5.75 Å². The lowest BCUT2D eigenvalue weighted by molar-refractivity contribution is -0.385. The van der Waals surface area contributed by atoms with Crippen molar-refractivity contribution in [3.8, 4) is 5.75 Å². The Kier molecular flexibility index (Phi) is 3.41. The molecule has 0 fully saturated rings. The molecular formula is C9H11NO4. The molecule has 76 valence electrons. The van der Waals surface area contributed by atoms with Crippen molar-refractivity contribution in [3.05, 3.63) is 33.9 Å². The van der Waals surface area contributed by atoms with E-state index in [0.29, 0.717) is 17.9 Å². The number of benzene rings is 1. The maximum atomic E-state index is 10.6. The molecule has 0 aliphatic carbocycles. The molecule has 1 rings (SSSR count). The third-order valence-corrected chi connectivity index (χ3v) is 1.73. The summed E-state index contributed by atoms with van der Waals surface area (Å²) in [7, 11) is 0. The van der Waals surface area contributed by atoms with E-state index in [4.69, 9.17) is 9.84 Å². The lowest BCUT2D eigenvalue weighted by atomic mass is 10.2. The molecule has 1 N–H and O–H groups in total. The van der Waals surface area contributed by atoms with Crippen LogP contribution in [0, 0.1) is 10.1 Å². The Bertz CT molecular complexity index is 338. The van der Waals surface area contributed by atoms with Crippen LogP contribution in [0.3, 0.4) is 0 Å². The maximum absolute atomic E-state index is 10.6. The van der Waals surface area contributed by atoms with Gasteiger partial charge in [-0.15, -0.1) is 0 Å². The molecule has 0 atom stereocenters. The van der Waals surface area contributed by atoms with Gasteiger partial charge in [-0.05, 0) is 19.1 Å². The normalized spacial score (nSPS) is 9.86. The molecule has 1 aromatic carbocycles. The second-order valence-electron chi connectivity index (χ2n) is 2.64. The van der Waals surface area contributed by atoms with Gasteiger partial charge in [-0.2, -0.15) is 0 Å². The lowest BCUT2D eigenvalue weighted by Gasteiger charge is -2.04. The van der Waals surface area contributed by atoms with Gasteiger partial charge in [-0.1, -0.05) is 0 Å². The van der Waals surface area contributed by atoms with E-state index in [1.165, 1.54) is 12.1 Å². The average Bonchev–Trinajstić information content (AvgIpc) is 2.18. The van der Waals surface area contributed by atoms with Crippen molar-refractivity contribution in [1.29, 1.82) is 0 Å². The van der Waals surface area contributed by atoms with E-state index in [2.05, 4.69) is 0 Å². The molecule has 0 aliphatic rings. The summed E-state index contributed by atoms with van der Waals surface area (Å²) >= 11 is 0. The maximum Gasteiger partial charge on any atom is 0.278 e. The zero-order chi connectivity index (χ0) is 10.6. The molecule has 0 unspecified atom stereocenters. The van der Waals surface area contributed by atoms with Gasteiger partial charge in [0.15, 0.2) is 0 Å². The molecule has 1 aromatic rings. The summed E-state index contributed by atoms with van der Waals surface area (Å²) in [6.07, 6.45) is 0. The van der Waals surface area contributed by atoms with Crippen LogP contribution in [0.4, 0.5) is 5.69 Å². The molecule has 0 aliphatic heterocycles.